The minimum atomic E-state index is -0.191. The Morgan fingerprint density at radius 1 is 1.35 bits per heavy atom. The van der Waals surface area contributed by atoms with Gasteiger partial charge in [0.1, 0.15) is 10.6 Å². The first-order chi connectivity index (χ1) is 9.70. The van der Waals surface area contributed by atoms with Crippen molar-refractivity contribution >= 4 is 50.0 Å². The fraction of sp³-hybridized carbons (Fsp3) is 0.0714. The average molecular weight is 304 g/mol. The largest absolute Gasteiger partial charge is 0.496 e. The molecule has 0 aliphatic carbocycles. The topological polar surface area (TPSA) is 64.3 Å². The van der Waals surface area contributed by atoms with Gasteiger partial charge in [-0.25, -0.2) is 0 Å². The van der Waals surface area contributed by atoms with Gasteiger partial charge in [0.05, 0.1) is 23.9 Å². The van der Waals surface area contributed by atoms with Gasteiger partial charge in [-0.1, -0.05) is 6.07 Å². The number of hydrogen-bond donors (Lipinski definition) is 2. The van der Waals surface area contributed by atoms with Gasteiger partial charge >= 0.3 is 0 Å². The molecule has 0 radical (unpaired) electrons. The van der Waals surface area contributed by atoms with Gasteiger partial charge in [-0.15, -0.1) is 11.3 Å². The molecule has 6 heteroatoms. The summed E-state index contributed by atoms with van der Waals surface area (Å²) in [6, 6.07) is 7.51. The summed E-state index contributed by atoms with van der Waals surface area (Å²) in [5.41, 5.74) is 7.37. The number of nitrogens with one attached hydrogen (secondary N) is 1. The van der Waals surface area contributed by atoms with Crippen LogP contribution in [0.1, 0.15) is 9.67 Å². The van der Waals surface area contributed by atoms with Crippen LogP contribution in [-0.4, -0.2) is 13.0 Å². The number of methoxy groups -OCH3 is 1. The summed E-state index contributed by atoms with van der Waals surface area (Å²) in [6.45, 7) is 0. The smallest absolute Gasteiger partial charge is 0.267 e. The molecule has 0 unspecified atom stereocenters. The summed E-state index contributed by atoms with van der Waals surface area (Å²) in [4.78, 5) is 12.8. The van der Waals surface area contributed by atoms with Gasteiger partial charge < -0.3 is 15.8 Å². The van der Waals surface area contributed by atoms with Crippen molar-refractivity contribution in [2.24, 2.45) is 0 Å². The van der Waals surface area contributed by atoms with E-state index in [0.717, 1.165) is 15.8 Å². The molecule has 3 rings (SSSR count). The third-order valence-electron chi connectivity index (χ3n) is 2.92. The quantitative estimate of drug-likeness (QED) is 0.773. The lowest BCUT2D eigenvalue weighted by atomic mass is 10.2. The lowest BCUT2D eigenvalue weighted by molar-refractivity contribution is 0.103. The fourth-order valence-corrected chi connectivity index (χ4v) is 3.62. The SMILES string of the molecule is COc1cccc2sc(C(=O)Nc3ccsc3)c(N)c12. The number of fused-ring (bicyclic) bond motifs is 1. The third-order valence-corrected chi connectivity index (χ3v) is 4.77. The molecular weight excluding hydrogens is 292 g/mol. The molecule has 2 aromatic heterocycles. The molecule has 102 valence electrons. The van der Waals surface area contributed by atoms with E-state index in [-0.39, 0.29) is 5.91 Å². The number of carbonyl (C=O) groups excluding carboxylic acids is 1. The van der Waals surface area contributed by atoms with Crippen LogP contribution in [0.3, 0.4) is 0 Å². The second-order valence-corrected chi connectivity index (χ2v) is 5.98. The second kappa shape index (κ2) is 5.15. The molecule has 20 heavy (non-hydrogen) atoms. The molecule has 0 atom stereocenters. The van der Waals surface area contributed by atoms with E-state index in [0.29, 0.717) is 16.3 Å². The van der Waals surface area contributed by atoms with Crippen molar-refractivity contribution in [3.05, 3.63) is 39.9 Å². The number of rotatable bonds is 3. The number of amides is 1. The lowest BCUT2D eigenvalue weighted by Crippen LogP contribution is -2.11. The molecule has 2 heterocycles. The molecule has 3 aromatic rings. The van der Waals surface area contributed by atoms with E-state index < -0.39 is 0 Å². The van der Waals surface area contributed by atoms with Crippen LogP contribution in [0.2, 0.25) is 0 Å². The number of nitrogen functional groups attached to an aromatic ring is 1. The highest BCUT2D eigenvalue weighted by atomic mass is 32.1. The zero-order chi connectivity index (χ0) is 14.1. The van der Waals surface area contributed by atoms with Crippen molar-refractivity contribution in [2.75, 3.05) is 18.2 Å². The van der Waals surface area contributed by atoms with Crippen LogP contribution < -0.4 is 15.8 Å². The monoisotopic (exact) mass is 304 g/mol. The highest BCUT2D eigenvalue weighted by molar-refractivity contribution is 7.21. The lowest BCUT2D eigenvalue weighted by Gasteiger charge is -2.03. The summed E-state index contributed by atoms with van der Waals surface area (Å²) in [5, 5.41) is 7.43. The highest BCUT2D eigenvalue weighted by Gasteiger charge is 2.19. The molecule has 0 spiro atoms. The average Bonchev–Trinajstić information content (AvgIpc) is 3.07. The number of anilines is 2. The number of carbonyl (C=O) groups is 1. The van der Waals surface area contributed by atoms with Crippen LogP contribution >= 0.6 is 22.7 Å². The normalized spacial score (nSPS) is 10.7. The molecule has 1 amide bonds. The Morgan fingerprint density at radius 2 is 2.20 bits per heavy atom. The van der Waals surface area contributed by atoms with E-state index in [4.69, 9.17) is 10.5 Å². The Kier molecular flexibility index (Phi) is 3.33. The summed E-state index contributed by atoms with van der Waals surface area (Å²) >= 11 is 2.90. The van der Waals surface area contributed by atoms with Crippen molar-refractivity contribution in [3.8, 4) is 5.75 Å². The number of benzene rings is 1. The van der Waals surface area contributed by atoms with Crippen LogP contribution in [-0.2, 0) is 0 Å². The maximum absolute atomic E-state index is 12.3. The first-order valence-electron chi connectivity index (χ1n) is 5.89. The molecule has 0 fully saturated rings. The van der Waals surface area contributed by atoms with Crippen molar-refractivity contribution in [3.63, 3.8) is 0 Å². The van der Waals surface area contributed by atoms with E-state index in [2.05, 4.69) is 5.32 Å². The molecule has 4 nitrogen and oxygen atoms in total. The van der Waals surface area contributed by atoms with Crippen molar-refractivity contribution < 1.29 is 9.53 Å². The predicted molar refractivity (Wildman–Crippen MR) is 85.1 cm³/mol. The molecule has 0 aliphatic rings. The molecule has 0 aliphatic heterocycles. The van der Waals surface area contributed by atoms with Crippen LogP contribution in [0, 0.1) is 0 Å². The standard InChI is InChI=1S/C14H12N2O2S2/c1-18-9-3-2-4-10-11(9)12(15)13(20-10)14(17)16-8-5-6-19-7-8/h2-7H,15H2,1H3,(H,16,17). The minimum absolute atomic E-state index is 0.191. The predicted octanol–water partition coefficient (Wildman–Crippen LogP) is 3.81. The number of nitrogens with two attached hydrogens (primary N) is 1. The first kappa shape index (κ1) is 13.0. The van der Waals surface area contributed by atoms with E-state index >= 15 is 0 Å². The maximum Gasteiger partial charge on any atom is 0.267 e. The Hall–Kier alpha value is -2.05. The highest BCUT2D eigenvalue weighted by Crippen LogP contribution is 2.39. The molecule has 0 saturated heterocycles. The Balaban J connectivity index is 2.04. The number of thiophene rings is 2. The maximum atomic E-state index is 12.3. The molecule has 3 N–H and O–H groups in total. The summed E-state index contributed by atoms with van der Waals surface area (Å²) in [7, 11) is 1.59. The number of hydrogen-bond acceptors (Lipinski definition) is 5. The van der Waals surface area contributed by atoms with E-state index in [1.807, 2.05) is 35.0 Å². The second-order valence-electron chi connectivity index (χ2n) is 4.14. The zero-order valence-electron chi connectivity index (χ0n) is 10.7. The van der Waals surface area contributed by atoms with Gasteiger partial charge in [-0.3, -0.25) is 4.79 Å². The van der Waals surface area contributed by atoms with Gasteiger partial charge in [0.25, 0.3) is 5.91 Å². The minimum Gasteiger partial charge on any atom is -0.496 e. The summed E-state index contributed by atoms with van der Waals surface area (Å²) in [5.74, 6) is 0.495. The summed E-state index contributed by atoms with van der Waals surface area (Å²) < 4.78 is 6.25. The third kappa shape index (κ3) is 2.13. The Morgan fingerprint density at radius 3 is 2.90 bits per heavy atom. The fourth-order valence-electron chi connectivity index (χ4n) is 2.00. The van der Waals surface area contributed by atoms with Crippen LogP contribution in [0.5, 0.6) is 5.75 Å². The molecule has 1 aromatic carbocycles. The Labute approximate surface area is 123 Å². The van der Waals surface area contributed by atoms with Crippen molar-refractivity contribution in [2.45, 2.75) is 0 Å². The Bertz CT molecular complexity index is 763. The number of ether oxygens (including phenoxy) is 1. The van der Waals surface area contributed by atoms with Gasteiger partial charge in [-0.05, 0) is 23.6 Å². The van der Waals surface area contributed by atoms with Gasteiger partial charge in [0.2, 0.25) is 0 Å². The van der Waals surface area contributed by atoms with Crippen molar-refractivity contribution in [1.82, 2.24) is 0 Å². The summed E-state index contributed by atoms with van der Waals surface area (Å²) in [6.07, 6.45) is 0. The first-order valence-corrected chi connectivity index (χ1v) is 7.65. The molecule has 0 bridgehead atoms. The van der Waals surface area contributed by atoms with Crippen LogP contribution in [0.25, 0.3) is 10.1 Å². The van der Waals surface area contributed by atoms with Gasteiger partial charge in [0, 0.05) is 10.1 Å². The molecular formula is C14H12N2O2S2. The van der Waals surface area contributed by atoms with E-state index in [1.165, 1.54) is 22.7 Å². The van der Waals surface area contributed by atoms with Gasteiger partial charge in [0.15, 0.2) is 0 Å². The van der Waals surface area contributed by atoms with Gasteiger partial charge in [-0.2, -0.15) is 11.3 Å². The van der Waals surface area contributed by atoms with Crippen molar-refractivity contribution in [1.29, 1.82) is 0 Å². The molecule has 0 saturated carbocycles. The van der Waals surface area contributed by atoms with Crippen LogP contribution in [0.4, 0.5) is 11.4 Å². The zero-order valence-corrected chi connectivity index (χ0v) is 12.3. The van der Waals surface area contributed by atoms with E-state index in [1.54, 1.807) is 7.11 Å². The van der Waals surface area contributed by atoms with Crippen LogP contribution in [0.15, 0.2) is 35.0 Å². The van der Waals surface area contributed by atoms with E-state index in [9.17, 15) is 4.79 Å².